The first kappa shape index (κ1) is 19.9. The quantitative estimate of drug-likeness (QED) is 0.382. The van der Waals surface area contributed by atoms with Gasteiger partial charge in [-0.15, -0.1) is 0 Å². The van der Waals surface area contributed by atoms with Gasteiger partial charge in [-0.05, 0) is 24.6 Å². The third-order valence-corrected chi connectivity index (χ3v) is 5.97. The average Bonchev–Trinajstić information content (AvgIpc) is 3.11. The third kappa shape index (κ3) is 2.81. The number of fused-ring (bicyclic) bond motifs is 5. The summed E-state index contributed by atoms with van der Waals surface area (Å²) in [6.45, 7) is 1.67. The van der Waals surface area contributed by atoms with Crippen LogP contribution >= 0.6 is 0 Å². The van der Waals surface area contributed by atoms with Gasteiger partial charge < -0.3 is 19.1 Å². The molecule has 0 saturated heterocycles. The Bertz CT molecular complexity index is 1390. The van der Waals surface area contributed by atoms with Crippen molar-refractivity contribution in [3.8, 4) is 11.4 Å². The van der Waals surface area contributed by atoms with Gasteiger partial charge in [0.05, 0.1) is 29.0 Å². The molecule has 32 heavy (non-hydrogen) atoms. The van der Waals surface area contributed by atoms with Crippen molar-refractivity contribution in [2.75, 3.05) is 0 Å². The van der Waals surface area contributed by atoms with E-state index >= 15 is 0 Å². The molecule has 9 nitrogen and oxygen atoms in total. The van der Waals surface area contributed by atoms with E-state index in [1.807, 2.05) is 30.3 Å². The number of carboxylic acid groups (broad SMARTS) is 1. The second kappa shape index (κ2) is 7.01. The van der Waals surface area contributed by atoms with Crippen LogP contribution in [-0.4, -0.2) is 32.6 Å². The van der Waals surface area contributed by atoms with Crippen molar-refractivity contribution in [1.29, 1.82) is 0 Å². The molecule has 0 spiro atoms. The summed E-state index contributed by atoms with van der Waals surface area (Å²) < 4.78 is 12.2. The van der Waals surface area contributed by atoms with Crippen molar-refractivity contribution in [2.24, 2.45) is 0 Å². The molecule has 2 aliphatic rings. The van der Waals surface area contributed by atoms with E-state index in [1.54, 1.807) is 17.6 Å². The maximum absolute atomic E-state index is 13.4. The molecule has 1 N–H and O–H groups in total. The Balaban J connectivity index is 1.71. The molecule has 1 aromatic carbocycles. The number of carbonyl (C=O) groups is 3. The zero-order chi connectivity index (χ0) is 22.6. The van der Waals surface area contributed by atoms with E-state index in [1.165, 1.54) is 0 Å². The Hall–Kier alpha value is -4.01. The average molecular weight is 434 g/mol. The molecule has 9 heteroatoms. The first-order valence-corrected chi connectivity index (χ1v) is 10.1. The van der Waals surface area contributed by atoms with Crippen LogP contribution in [-0.2, 0) is 42.6 Å². The molecular formula is C23H18N2O7. The van der Waals surface area contributed by atoms with Gasteiger partial charge in [0.1, 0.15) is 13.0 Å². The number of ether oxygens (including phenoxy) is 2. The summed E-state index contributed by atoms with van der Waals surface area (Å²) in [5.74, 6) is -3.31. The van der Waals surface area contributed by atoms with E-state index < -0.39 is 29.9 Å². The summed E-state index contributed by atoms with van der Waals surface area (Å²) in [6.07, 6.45) is -0.935. The van der Waals surface area contributed by atoms with Gasteiger partial charge in [-0.2, -0.15) is 0 Å². The van der Waals surface area contributed by atoms with Gasteiger partial charge in [-0.1, -0.05) is 25.1 Å². The van der Waals surface area contributed by atoms with E-state index in [-0.39, 0.29) is 29.7 Å². The van der Waals surface area contributed by atoms with Crippen LogP contribution in [0.15, 0.2) is 41.2 Å². The summed E-state index contributed by atoms with van der Waals surface area (Å²) in [5.41, 5.74) is 0.915. The van der Waals surface area contributed by atoms with Crippen LogP contribution in [0, 0.1) is 0 Å². The first-order chi connectivity index (χ1) is 15.3. The molecule has 0 aliphatic carbocycles. The van der Waals surface area contributed by atoms with Gasteiger partial charge in [0.25, 0.3) is 5.56 Å². The van der Waals surface area contributed by atoms with Crippen LogP contribution in [0.2, 0.25) is 0 Å². The van der Waals surface area contributed by atoms with Gasteiger partial charge in [0.15, 0.2) is 0 Å². The SMILES string of the molecule is CCC1(OC(=O)CC(=O)O)C(=O)OCc2c1cc1n(c2=O)Cc2cc3ccccc3nc2-1. The van der Waals surface area contributed by atoms with Gasteiger partial charge in [-0.25, -0.2) is 9.78 Å². The fourth-order valence-electron chi connectivity index (χ4n) is 4.44. The molecule has 2 aromatic heterocycles. The fraction of sp³-hybridized carbons (Fsp3) is 0.261. The number of para-hydroxylation sites is 1. The molecule has 1 unspecified atom stereocenters. The number of pyridine rings is 2. The fourth-order valence-corrected chi connectivity index (χ4v) is 4.44. The molecule has 0 amide bonds. The normalized spacial score (nSPS) is 18.5. The highest BCUT2D eigenvalue weighted by Crippen LogP contribution is 2.41. The van der Waals surface area contributed by atoms with Crippen LogP contribution in [0.25, 0.3) is 22.3 Å². The number of esters is 2. The number of cyclic esters (lactones) is 1. The summed E-state index contributed by atoms with van der Waals surface area (Å²) >= 11 is 0. The van der Waals surface area contributed by atoms with E-state index in [0.717, 1.165) is 16.5 Å². The lowest BCUT2D eigenvalue weighted by Crippen LogP contribution is -2.47. The lowest BCUT2D eigenvalue weighted by Gasteiger charge is -2.35. The van der Waals surface area contributed by atoms with Crippen LogP contribution in [0.4, 0.5) is 0 Å². The van der Waals surface area contributed by atoms with E-state index in [2.05, 4.69) is 0 Å². The molecule has 0 fully saturated rings. The zero-order valence-corrected chi connectivity index (χ0v) is 17.1. The van der Waals surface area contributed by atoms with E-state index in [9.17, 15) is 19.2 Å². The van der Waals surface area contributed by atoms with Crippen LogP contribution in [0.1, 0.15) is 36.5 Å². The van der Waals surface area contributed by atoms with E-state index in [4.69, 9.17) is 19.6 Å². The van der Waals surface area contributed by atoms with E-state index in [0.29, 0.717) is 17.9 Å². The second-order valence-corrected chi connectivity index (χ2v) is 7.80. The minimum Gasteiger partial charge on any atom is -0.481 e. The molecule has 0 radical (unpaired) electrons. The molecule has 0 bridgehead atoms. The van der Waals surface area contributed by atoms with Crippen molar-refractivity contribution in [2.45, 2.75) is 38.5 Å². The minimum absolute atomic E-state index is 0.0227. The van der Waals surface area contributed by atoms with Gasteiger partial charge in [0, 0.05) is 16.5 Å². The smallest absolute Gasteiger partial charge is 0.355 e. The number of carboxylic acids is 1. The zero-order valence-electron chi connectivity index (χ0n) is 17.1. The largest absolute Gasteiger partial charge is 0.481 e. The Morgan fingerprint density at radius 1 is 1.25 bits per heavy atom. The number of rotatable bonds is 4. The van der Waals surface area contributed by atoms with Crippen molar-refractivity contribution < 1.29 is 29.0 Å². The first-order valence-electron chi connectivity index (χ1n) is 10.1. The maximum Gasteiger partial charge on any atom is 0.355 e. The summed E-state index contributed by atoms with van der Waals surface area (Å²) in [7, 11) is 0. The topological polar surface area (TPSA) is 125 Å². The minimum atomic E-state index is -1.89. The van der Waals surface area contributed by atoms with Crippen LogP contribution in [0.5, 0.6) is 0 Å². The molecule has 2 aliphatic heterocycles. The number of benzene rings is 1. The number of aromatic nitrogens is 2. The molecular weight excluding hydrogens is 416 g/mol. The molecule has 4 heterocycles. The van der Waals surface area contributed by atoms with Crippen molar-refractivity contribution in [1.82, 2.24) is 9.55 Å². The lowest BCUT2D eigenvalue weighted by atomic mass is 9.85. The summed E-state index contributed by atoms with van der Waals surface area (Å²) in [5, 5.41) is 9.86. The molecule has 1 atom stereocenters. The molecule has 3 aromatic rings. The summed E-state index contributed by atoms with van der Waals surface area (Å²) in [4.78, 5) is 54.0. The molecule has 0 saturated carbocycles. The number of hydrogen-bond acceptors (Lipinski definition) is 7. The van der Waals surface area contributed by atoms with Gasteiger partial charge >= 0.3 is 17.9 Å². The van der Waals surface area contributed by atoms with Crippen LogP contribution in [0.3, 0.4) is 0 Å². The number of nitrogens with zero attached hydrogens (tertiary/aromatic N) is 2. The second-order valence-electron chi connectivity index (χ2n) is 7.80. The number of aliphatic carboxylic acids is 1. The molecule has 5 rings (SSSR count). The van der Waals surface area contributed by atoms with Gasteiger partial charge in [-0.3, -0.25) is 14.4 Å². The number of hydrogen-bond donors (Lipinski definition) is 1. The monoisotopic (exact) mass is 434 g/mol. The predicted octanol–water partition coefficient (Wildman–Crippen LogP) is 2.11. The van der Waals surface area contributed by atoms with Crippen LogP contribution < -0.4 is 5.56 Å². The van der Waals surface area contributed by atoms with Crippen molar-refractivity contribution in [3.63, 3.8) is 0 Å². The Kier molecular flexibility index (Phi) is 4.37. The maximum atomic E-state index is 13.4. The highest BCUT2D eigenvalue weighted by molar-refractivity contribution is 5.93. The highest BCUT2D eigenvalue weighted by Gasteiger charge is 2.50. The van der Waals surface area contributed by atoms with Gasteiger partial charge in [0.2, 0.25) is 5.60 Å². The predicted molar refractivity (Wildman–Crippen MR) is 111 cm³/mol. The Labute approximate surface area is 181 Å². The lowest BCUT2D eigenvalue weighted by molar-refractivity contribution is -0.190. The Morgan fingerprint density at radius 3 is 2.78 bits per heavy atom. The van der Waals surface area contributed by atoms with Crippen molar-refractivity contribution in [3.05, 3.63) is 63.4 Å². The standard InChI is InChI=1S/C23H18N2O7/c1-2-23(32-19(28)9-18(26)27)15-8-17-20-13(7-12-5-3-4-6-16(12)24-20)10-25(17)21(29)14(15)11-31-22(23)30/h3-8H,2,9-11H2,1H3,(H,26,27). The third-order valence-electron chi connectivity index (χ3n) is 5.97. The highest BCUT2D eigenvalue weighted by atomic mass is 16.6. The number of carbonyl (C=O) groups excluding carboxylic acids is 2. The molecule has 162 valence electrons. The Morgan fingerprint density at radius 2 is 2.03 bits per heavy atom. The van der Waals surface area contributed by atoms with Crippen molar-refractivity contribution >= 4 is 28.8 Å². The summed E-state index contributed by atoms with van der Waals surface area (Å²) in [6, 6.07) is 11.2.